The standard InChI is InChI=1S/C19H21N/c20-13-19(9-3-4-10-19)16-7-8-18-15(12-16)11-14-5-1-2-6-17(14)18/h1-2,5-8,12H,3-4,9-11,13,20H2. The van der Waals surface area contributed by atoms with Crippen molar-refractivity contribution in [3.05, 3.63) is 59.2 Å². The molecule has 0 bridgehead atoms. The predicted octanol–water partition coefficient (Wildman–Crippen LogP) is 4.03. The maximum Gasteiger partial charge on any atom is 0.00756 e. The average Bonchev–Trinajstić information content (AvgIpc) is 3.11. The van der Waals surface area contributed by atoms with Crippen molar-refractivity contribution >= 4 is 0 Å². The fraction of sp³-hybridized carbons (Fsp3) is 0.368. The largest absolute Gasteiger partial charge is 0.330 e. The summed E-state index contributed by atoms with van der Waals surface area (Å²) in [6.07, 6.45) is 6.26. The fourth-order valence-corrected chi connectivity index (χ4v) is 4.14. The van der Waals surface area contributed by atoms with Crippen LogP contribution in [0, 0.1) is 0 Å². The van der Waals surface area contributed by atoms with Crippen molar-refractivity contribution in [1.82, 2.24) is 0 Å². The monoisotopic (exact) mass is 263 g/mol. The second-order valence-electron chi connectivity index (χ2n) is 6.40. The highest BCUT2D eigenvalue weighted by molar-refractivity contribution is 5.77. The summed E-state index contributed by atoms with van der Waals surface area (Å²) in [5.41, 5.74) is 13.7. The Balaban J connectivity index is 1.79. The van der Waals surface area contributed by atoms with Crippen LogP contribution in [0.25, 0.3) is 11.1 Å². The van der Waals surface area contributed by atoms with Crippen LogP contribution in [0.15, 0.2) is 42.5 Å². The van der Waals surface area contributed by atoms with E-state index in [1.807, 2.05) is 0 Å². The van der Waals surface area contributed by atoms with E-state index in [0.717, 1.165) is 13.0 Å². The van der Waals surface area contributed by atoms with Gasteiger partial charge in [-0.25, -0.2) is 0 Å². The number of rotatable bonds is 2. The maximum atomic E-state index is 6.13. The van der Waals surface area contributed by atoms with E-state index >= 15 is 0 Å². The Morgan fingerprint density at radius 1 is 0.900 bits per heavy atom. The zero-order chi connectivity index (χ0) is 13.6. The van der Waals surface area contributed by atoms with Gasteiger partial charge in [0.25, 0.3) is 0 Å². The average molecular weight is 263 g/mol. The van der Waals surface area contributed by atoms with Crippen LogP contribution < -0.4 is 5.73 Å². The summed E-state index contributed by atoms with van der Waals surface area (Å²) in [5.74, 6) is 0. The first-order valence-electron chi connectivity index (χ1n) is 7.74. The Kier molecular flexibility index (Phi) is 2.71. The zero-order valence-corrected chi connectivity index (χ0v) is 11.9. The Morgan fingerprint density at radius 2 is 1.65 bits per heavy atom. The van der Waals surface area contributed by atoms with Gasteiger partial charge in [-0.3, -0.25) is 0 Å². The highest BCUT2D eigenvalue weighted by atomic mass is 14.6. The molecule has 1 nitrogen and oxygen atoms in total. The first-order valence-corrected chi connectivity index (χ1v) is 7.74. The van der Waals surface area contributed by atoms with Gasteiger partial charge in [-0.2, -0.15) is 0 Å². The minimum atomic E-state index is 0.254. The van der Waals surface area contributed by atoms with Gasteiger partial charge in [0.15, 0.2) is 0 Å². The molecular weight excluding hydrogens is 242 g/mol. The molecule has 102 valence electrons. The Morgan fingerprint density at radius 3 is 2.45 bits per heavy atom. The molecule has 2 aromatic carbocycles. The zero-order valence-electron chi connectivity index (χ0n) is 11.9. The van der Waals surface area contributed by atoms with Crippen LogP contribution in [-0.4, -0.2) is 6.54 Å². The third-order valence-corrected chi connectivity index (χ3v) is 5.36. The molecule has 2 aromatic rings. The van der Waals surface area contributed by atoms with Gasteiger partial charge in [0.1, 0.15) is 0 Å². The molecule has 0 unspecified atom stereocenters. The molecule has 0 aliphatic heterocycles. The molecular formula is C19H21N. The molecule has 0 aromatic heterocycles. The van der Waals surface area contributed by atoms with Crippen molar-refractivity contribution in [1.29, 1.82) is 0 Å². The van der Waals surface area contributed by atoms with E-state index in [1.165, 1.54) is 53.5 Å². The quantitative estimate of drug-likeness (QED) is 0.742. The lowest BCUT2D eigenvalue weighted by molar-refractivity contribution is 0.453. The second-order valence-corrected chi connectivity index (χ2v) is 6.40. The number of hydrogen-bond acceptors (Lipinski definition) is 1. The van der Waals surface area contributed by atoms with Crippen molar-refractivity contribution in [3.63, 3.8) is 0 Å². The summed E-state index contributed by atoms with van der Waals surface area (Å²) in [5, 5.41) is 0. The predicted molar refractivity (Wildman–Crippen MR) is 83.9 cm³/mol. The van der Waals surface area contributed by atoms with E-state index in [4.69, 9.17) is 5.73 Å². The van der Waals surface area contributed by atoms with Crippen LogP contribution in [0.3, 0.4) is 0 Å². The van der Waals surface area contributed by atoms with E-state index in [0.29, 0.717) is 0 Å². The lowest BCUT2D eigenvalue weighted by atomic mass is 9.78. The topological polar surface area (TPSA) is 26.0 Å². The van der Waals surface area contributed by atoms with Gasteiger partial charge in [-0.15, -0.1) is 0 Å². The second kappa shape index (κ2) is 4.46. The van der Waals surface area contributed by atoms with E-state index < -0.39 is 0 Å². The molecule has 0 spiro atoms. The number of benzene rings is 2. The SMILES string of the molecule is NCC1(c2ccc3c(c2)Cc2ccccc2-3)CCCC1. The van der Waals surface area contributed by atoms with Gasteiger partial charge in [-0.1, -0.05) is 55.3 Å². The summed E-state index contributed by atoms with van der Waals surface area (Å²) in [6.45, 7) is 0.790. The van der Waals surface area contributed by atoms with Crippen molar-refractivity contribution in [2.24, 2.45) is 5.73 Å². The molecule has 20 heavy (non-hydrogen) atoms. The Hall–Kier alpha value is -1.60. The lowest BCUT2D eigenvalue weighted by Crippen LogP contribution is -2.32. The van der Waals surface area contributed by atoms with E-state index in [1.54, 1.807) is 0 Å². The Labute approximate surface area is 120 Å². The van der Waals surface area contributed by atoms with Crippen molar-refractivity contribution < 1.29 is 0 Å². The maximum absolute atomic E-state index is 6.13. The van der Waals surface area contributed by atoms with E-state index in [-0.39, 0.29) is 5.41 Å². The summed E-state index contributed by atoms with van der Waals surface area (Å²) in [4.78, 5) is 0. The normalized spacial score (nSPS) is 18.9. The number of fused-ring (bicyclic) bond motifs is 3. The van der Waals surface area contributed by atoms with Crippen LogP contribution in [0.4, 0.5) is 0 Å². The van der Waals surface area contributed by atoms with Crippen LogP contribution in [0.5, 0.6) is 0 Å². The fourth-order valence-electron chi connectivity index (χ4n) is 4.14. The minimum absolute atomic E-state index is 0.254. The molecule has 0 amide bonds. The molecule has 0 radical (unpaired) electrons. The molecule has 2 aliphatic rings. The van der Waals surface area contributed by atoms with Gasteiger partial charge in [0.2, 0.25) is 0 Å². The van der Waals surface area contributed by atoms with Gasteiger partial charge in [0, 0.05) is 12.0 Å². The molecule has 2 aliphatic carbocycles. The highest BCUT2D eigenvalue weighted by Crippen LogP contribution is 2.43. The van der Waals surface area contributed by atoms with Gasteiger partial charge >= 0.3 is 0 Å². The van der Waals surface area contributed by atoms with Crippen LogP contribution in [0.2, 0.25) is 0 Å². The molecule has 1 heteroatoms. The van der Waals surface area contributed by atoms with Gasteiger partial charge < -0.3 is 5.73 Å². The van der Waals surface area contributed by atoms with Crippen LogP contribution in [0.1, 0.15) is 42.4 Å². The van der Waals surface area contributed by atoms with Gasteiger partial charge in [0.05, 0.1) is 0 Å². The third kappa shape index (κ3) is 1.66. The number of nitrogens with two attached hydrogens (primary N) is 1. The summed E-state index contributed by atoms with van der Waals surface area (Å²) >= 11 is 0. The third-order valence-electron chi connectivity index (χ3n) is 5.36. The van der Waals surface area contributed by atoms with Crippen LogP contribution in [-0.2, 0) is 11.8 Å². The molecule has 1 saturated carbocycles. The molecule has 1 fully saturated rings. The lowest BCUT2D eigenvalue weighted by Gasteiger charge is -2.28. The molecule has 0 saturated heterocycles. The van der Waals surface area contributed by atoms with Crippen molar-refractivity contribution in [2.45, 2.75) is 37.5 Å². The summed E-state index contributed by atoms with van der Waals surface area (Å²) in [6, 6.07) is 15.9. The summed E-state index contributed by atoms with van der Waals surface area (Å²) < 4.78 is 0. The molecule has 2 N–H and O–H groups in total. The van der Waals surface area contributed by atoms with Crippen molar-refractivity contribution in [3.8, 4) is 11.1 Å². The van der Waals surface area contributed by atoms with Crippen LogP contribution >= 0.6 is 0 Å². The van der Waals surface area contributed by atoms with E-state index in [2.05, 4.69) is 42.5 Å². The Bertz CT molecular complexity index is 651. The smallest absolute Gasteiger partial charge is 0.00756 e. The number of hydrogen-bond donors (Lipinski definition) is 1. The first-order chi connectivity index (χ1) is 9.82. The van der Waals surface area contributed by atoms with Gasteiger partial charge in [-0.05, 0) is 47.1 Å². The van der Waals surface area contributed by atoms with Crippen molar-refractivity contribution in [2.75, 3.05) is 6.54 Å². The van der Waals surface area contributed by atoms with E-state index in [9.17, 15) is 0 Å². The first kappa shape index (κ1) is 12.2. The summed E-state index contributed by atoms with van der Waals surface area (Å²) in [7, 11) is 0. The minimum Gasteiger partial charge on any atom is -0.330 e. The molecule has 0 heterocycles. The highest BCUT2D eigenvalue weighted by Gasteiger charge is 2.35. The molecule has 0 atom stereocenters. The molecule has 4 rings (SSSR count).